The number of hydrogen-bond donors (Lipinski definition) is 1. The average Bonchev–Trinajstić information content (AvgIpc) is 2.50. The average molecular weight is 152 g/mol. The van der Waals surface area contributed by atoms with Crippen molar-refractivity contribution in [1.82, 2.24) is 0 Å². The van der Waals surface area contributed by atoms with Gasteiger partial charge in [0.1, 0.15) is 0 Å². The molecular formula is C10H16O. The zero-order valence-corrected chi connectivity index (χ0v) is 6.87. The van der Waals surface area contributed by atoms with Crippen molar-refractivity contribution in [1.29, 1.82) is 0 Å². The lowest BCUT2D eigenvalue weighted by molar-refractivity contribution is 0.156. The van der Waals surface area contributed by atoms with Gasteiger partial charge in [0.15, 0.2) is 0 Å². The van der Waals surface area contributed by atoms with E-state index in [1.54, 1.807) is 0 Å². The second-order valence-electron chi connectivity index (χ2n) is 3.87. The van der Waals surface area contributed by atoms with Gasteiger partial charge in [-0.25, -0.2) is 0 Å². The standard InChI is InChI=1S/C10H16O/c11-7-9-5-1-3-8-4-2-6-10(8)9/h1,3,8-11H,2,4-7H2/t8-,9-,10-/m1/s1. The van der Waals surface area contributed by atoms with Gasteiger partial charge < -0.3 is 5.11 Å². The Balaban J connectivity index is 2.09. The molecule has 11 heavy (non-hydrogen) atoms. The minimum atomic E-state index is 0.394. The fourth-order valence-corrected chi connectivity index (χ4v) is 2.65. The summed E-state index contributed by atoms with van der Waals surface area (Å²) in [6.45, 7) is 0.394. The Morgan fingerprint density at radius 1 is 1.36 bits per heavy atom. The van der Waals surface area contributed by atoms with Crippen molar-refractivity contribution in [2.75, 3.05) is 6.61 Å². The third-order valence-electron chi connectivity index (χ3n) is 3.29. The van der Waals surface area contributed by atoms with Gasteiger partial charge in [0.05, 0.1) is 0 Å². The number of aliphatic hydroxyl groups excluding tert-OH is 1. The number of fused-ring (bicyclic) bond motifs is 1. The molecule has 0 amide bonds. The van der Waals surface area contributed by atoms with Crippen LogP contribution in [0, 0.1) is 17.8 Å². The third kappa shape index (κ3) is 1.22. The van der Waals surface area contributed by atoms with Crippen LogP contribution in [-0.2, 0) is 0 Å². The van der Waals surface area contributed by atoms with E-state index >= 15 is 0 Å². The van der Waals surface area contributed by atoms with Gasteiger partial charge in [-0.2, -0.15) is 0 Å². The van der Waals surface area contributed by atoms with Crippen molar-refractivity contribution < 1.29 is 5.11 Å². The second kappa shape index (κ2) is 2.98. The van der Waals surface area contributed by atoms with Crippen LogP contribution in [-0.4, -0.2) is 11.7 Å². The summed E-state index contributed by atoms with van der Waals surface area (Å²) in [6, 6.07) is 0. The van der Waals surface area contributed by atoms with Crippen molar-refractivity contribution in [3.8, 4) is 0 Å². The molecule has 0 aromatic carbocycles. The number of hydrogen-bond acceptors (Lipinski definition) is 1. The van der Waals surface area contributed by atoms with E-state index in [1.165, 1.54) is 19.3 Å². The maximum atomic E-state index is 9.10. The Hall–Kier alpha value is -0.300. The summed E-state index contributed by atoms with van der Waals surface area (Å²) in [6.07, 6.45) is 9.81. The van der Waals surface area contributed by atoms with Gasteiger partial charge >= 0.3 is 0 Å². The highest BCUT2D eigenvalue weighted by Crippen LogP contribution is 2.41. The zero-order chi connectivity index (χ0) is 7.68. The first-order chi connectivity index (χ1) is 5.42. The van der Waals surface area contributed by atoms with Gasteiger partial charge in [-0.3, -0.25) is 0 Å². The highest BCUT2D eigenvalue weighted by molar-refractivity contribution is 5.02. The highest BCUT2D eigenvalue weighted by atomic mass is 16.3. The lowest BCUT2D eigenvalue weighted by Crippen LogP contribution is -2.23. The quantitative estimate of drug-likeness (QED) is 0.569. The van der Waals surface area contributed by atoms with Gasteiger partial charge in [-0.1, -0.05) is 18.6 Å². The molecule has 1 saturated carbocycles. The SMILES string of the molecule is OC[C@H]1CC=C[C@@H]2CCC[C@@H]12. The lowest BCUT2D eigenvalue weighted by Gasteiger charge is -2.28. The summed E-state index contributed by atoms with van der Waals surface area (Å²) in [5.74, 6) is 2.19. The zero-order valence-electron chi connectivity index (χ0n) is 6.87. The van der Waals surface area contributed by atoms with E-state index in [0.717, 1.165) is 18.3 Å². The maximum Gasteiger partial charge on any atom is 0.0465 e. The van der Waals surface area contributed by atoms with Crippen LogP contribution >= 0.6 is 0 Å². The van der Waals surface area contributed by atoms with Crippen LogP contribution in [0.3, 0.4) is 0 Å². The van der Waals surface area contributed by atoms with Gasteiger partial charge in [0.25, 0.3) is 0 Å². The largest absolute Gasteiger partial charge is 0.396 e. The van der Waals surface area contributed by atoms with Crippen molar-refractivity contribution in [2.45, 2.75) is 25.7 Å². The topological polar surface area (TPSA) is 20.2 Å². The predicted molar refractivity (Wildman–Crippen MR) is 45.2 cm³/mol. The molecule has 62 valence electrons. The molecule has 0 heterocycles. The number of allylic oxidation sites excluding steroid dienone is 2. The molecule has 3 atom stereocenters. The van der Waals surface area contributed by atoms with Crippen LogP contribution in [0.4, 0.5) is 0 Å². The monoisotopic (exact) mass is 152 g/mol. The molecule has 2 aliphatic carbocycles. The lowest BCUT2D eigenvalue weighted by atomic mass is 9.78. The van der Waals surface area contributed by atoms with Crippen molar-refractivity contribution in [2.24, 2.45) is 17.8 Å². The smallest absolute Gasteiger partial charge is 0.0465 e. The van der Waals surface area contributed by atoms with Crippen molar-refractivity contribution in [3.63, 3.8) is 0 Å². The third-order valence-corrected chi connectivity index (χ3v) is 3.29. The first-order valence-corrected chi connectivity index (χ1v) is 4.69. The minimum absolute atomic E-state index is 0.394. The van der Waals surface area contributed by atoms with E-state index in [0.29, 0.717) is 12.5 Å². The van der Waals surface area contributed by atoms with Crippen molar-refractivity contribution >= 4 is 0 Å². The molecule has 1 fully saturated rings. The number of aliphatic hydroxyl groups is 1. The minimum Gasteiger partial charge on any atom is -0.396 e. The molecule has 2 rings (SSSR count). The molecule has 2 aliphatic rings. The fraction of sp³-hybridized carbons (Fsp3) is 0.800. The molecule has 1 heteroatoms. The first kappa shape index (κ1) is 7.35. The molecule has 0 aromatic rings. The molecule has 0 saturated heterocycles. The van der Waals surface area contributed by atoms with Gasteiger partial charge in [-0.15, -0.1) is 0 Å². The first-order valence-electron chi connectivity index (χ1n) is 4.69. The second-order valence-corrected chi connectivity index (χ2v) is 3.87. The van der Waals surface area contributed by atoms with E-state index in [4.69, 9.17) is 5.11 Å². The molecule has 0 bridgehead atoms. The van der Waals surface area contributed by atoms with Crippen LogP contribution in [0.25, 0.3) is 0 Å². The molecule has 0 aromatic heterocycles. The predicted octanol–water partition coefficient (Wildman–Crippen LogP) is 1.97. The number of rotatable bonds is 1. The summed E-state index contributed by atoms with van der Waals surface area (Å²) in [7, 11) is 0. The maximum absolute atomic E-state index is 9.10. The van der Waals surface area contributed by atoms with Crippen LogP contribution < -0.4 is 0 Å². The van der Waals surface area contributed by atoms with Crippen LogP contribution in [0.2, 0.25) is 0 Å². The Labute approximate surface area is 68.1 Å². The van der Waals surface area contributed by atoms with E-state index in [2.05, 4.69) is 12.2 Å². The summed E-state index contributed by atoms with van der Waals surface area (Å²) in [5, 5.41) is 9.10. The van der Waals surface area contributed by atoms with Crippen LogP contribution in [0.1, 0.15) is 25.7 Å². The Morgan fingerprint density at radius 3 is 3.09 bits per heavy atom. The Morgan fingerprint density at radius 2 is 2.27 bits per heavy atom. The van der Waals surface area contributed by atoms with E-state index < -0.39 is 0 Å². The summed E-state index contributed by atoms with van der Waals surface area (Å²) in [4.78, 5) is 0. The molecule has 0 radical (unpaired) electrons. The Bertz CT molecular complexity index is 162. The van der Waals surface area contributed by atoms with Gasteiger partial charge in [0.2, 0.25) is 0 Å². The molecule has 0 aliphatic heterocycles. The summed E-state index contributed by atoms with van der Waals surface area (Å²) < 4.78 is 0. The normalized spacial score (nSPS) is 42.5. The fourth-order valence-electron chi connectivity index (χ4n) is 2.65. The molecule has 0 spiro atoms. The van der Waals surface area contributed by atoms with Crippen molar-refractivity contribution in [3.05, 3.63) is 12.2 Å². The van der Waals surface area contributed by atoms with E-state index in [-0.39, 0.29) is 0 Å². The van der Waals surface area contributed by atoms with Crippen LogP contribution in [0.15, 0.2) is 12.2 Å². The molecular weight excluding hydrogens is 136 g/mol. The highest BCUT2D eigenvalue weighted by Gasteiger charge is 2.33. The molecule has 0 unspecified atom stereocenters. The summed E-state index contributed by atoms with van der Waals surface area (Å²) >= 11 is 0. The van der Waals surface area contributed by atoms with Crippen LogP contribution in [0.5, 0.6) is 0 Å². The summed E-state index contributed by atoms with van der Waals surface area (Å²) in [5.41, 5.74) is 0. The molecule has 1 N–H and O–H groups in total. The molecule has 1 nitrogen and oxygen atoms in total. The van der Waals surface area contributed by atoms with Gasteiger partial charge in [-0.05, 0) is 37.0 Å². The van der Waals surface area contributed by atoms with Gasteiger partial charge in [0, 0.05) is 6.61 Å². The Kier molecular flexibility index (Phi) is 1.99. The van der Waals surface area contributed by atoms with E-state index in [9.17, 15) is 0 Å². The van der Waals surface area contributed by atoms with E-state index in [1.807, 2.05) is 0 Å².